The molecule has 1 atom stereocenters. The van der Waals surface area contributed by atoms with Crippen molar-refractivity contribution in [2.24, 2.45) is 5.92 Å². The Morgan fingerprint density at radius 3 is 2.47 bits per heavy atom. The van der Waals surface area contributed by atoms with Crippen molar-refractivity contribution in [3.63, 3.8) is 0 Å². The standard InChI is InChI=1S/C16H22O/c1-12(14-8-4-3-5-9-14)15-10-6-7-11-16(15)13(2)17/h6-7,10-12,14H,3-5,8-9H2,1-2H3. The Morgan fingerprint density at radius 2 is 1.82 bits per heavy atom. The molecule has 0 saturated heterocycles. The smallest absolute Gasteiger partial charge is 0.160 e. The number of hydrogen-bond acceptors (Lipinski definition) is 1. The van der Waals surface area contributed by atoms with Crippen molar-refractivity contribution in [2.75, 3.05) is 0 Å². The Hall–Kier alpha value is -1.11. The van der Waals surface area contributed by atoms with Crippen LogP contribution in [0.25, 0.3) is 0 Å². The lowest BCUT2D eigenvalue weighted by Gasteiger charge is -2.29. The molecule has 0 N–H and O–H groups in total. The SMILES string of the molecule is CC(=O)c1ccccc1C(C)C1CCCCC1. The molecule has 1 aliphatic rings. The fraction of sp³-hybridized carbons (Fsp3) is 0.562. The largest absolute Gasteiger partial charge is 0.295 e. The van der Waals surface area contributed by atoms with E-state index in [1.54, 1.807) is 6.92 Å². The Balaban J connectivity index is 2.23. The van der Waals surface area contributed by atoms with Crippen molar-refractivity contribution in [1.82, 2.24) is 0 Å². The molecule has 0 bridgehead atoms. The second kappa shape index (κ2) is 5.48. The first-order chi connectivity index (χ1) is 8.20. The van der Waals surface area contributed by atoms with Crippen LogP contribution < -0.4 is 0 Å². The van der Waals surface area contributed by atoms with Crippen molar-refractivity contribution in [3.05, 3.63) is 35.4 Å². The molecule has 0 spiro atoms. The first-order valence-electron chi connectivity index (χ1n) is 6.80. The molecular weight excluding hydrogens is 208 g/mol. The summed E-state index contributed by atoms with van der Waals surface area (Å²) in [6.07, 6.45) is 6.76. The number of ketones is 1. The third-order valence-electron chi connectivity index (χ3n) is 4.19. The van der Waals surface area contributed by atoms with Crippen LogP contribution >= 0.6 is 0 Å². The Labute approximate surface area is 104 Å². The van der Waals surface area contributed by atoms with Gasteiger partial charge in [-0.25, -0.2) is 0 Å². The van der Waals surface area contributed by atoms with E-state index in [0.29, 0.717) is 5.92 Å². The molecule has 1 nitrogen and oxygen atoms in total. The number of hydrogen-bond donors (Lipinski definition) is 0. The van der Waals surface area contributed by atoms with Crippen molar-refractivity contribution in [3.8, 4) is 0 Å². The highest BCUT2D eigenvalue weighted by Gasteiger charge is 2.23. The fourth-order valence-corrected chi connectivity index (χ4v) is 3.10. The van der Waals surface area contributed by atoms with Crippen LogP contribution in [0, 0.1) is 5.92 Å². The summed E-state index contributed by atoms with van der Waals surface area (Å²) >= 11 is 0. The number of benzene rings is 1. The zero-order chi connectivity index (χ0) is 12.3. The minimum atomic E-state index is 0.197. The van der Waals surface area contributed by atoms with Gasteiger partial charge in [0, 0.05) is 5.56 Å². The van der Waals surface area contributed by atoms with Crippen LogP contribution in [0.2, 0.25) is 0 Å². The van der Waals surface area contributed by atoms with Crippen LogP contribution in [0.5, 0.6) is 0 Å². The van der Waals surface area contributed by atoms with Crippen LogP contribution in [-0.2, 0) is 0 Å². The van der Waals surface area contributed by atoms with Gasteiger partial charge in [0.05, 0.1) is 0 Å². The van der Waals surface area contributed by atoms with E-state index in [0.717, 1.165) is 11.5 Å². The topological polar surface area (TPSA) is 17.1 Å². The predicted octanol–water partition coefficient (Wildman–Crippen LogP) is 4.57. The minimum absolute atomic E-state index is 0.197. The van der Waals surface area contributed by atoms with Gasteiger partial charge >= 0.3 is 0 Å². The van der Waals surface area contributed by atoms with E-state index in [2.05, 4.69) is 19.1 Å². The highest BCUT2D eigenvalue weighted by Crippen LogP contribution is 2.36. The summed E-state index contributed by atoms with van der Waals surface area (Å²) in [6, 6.07) is 8.13. The van der Waals surface area contributed by atoms with Gasteiger partial charge in [0.25, 0.3) is 0 Å². The molecule has 0 aliphatic heterocycles. The van der Waals surface area contributed by atoms with Crippen LogP contribution in [0.15, 0.2) is 24.3 Å². The van der Waals surface area contributed by atoms with Crippen LogP contribution in [0.3, 0.4) is 0 Å². The van der Waals surface area contributed by atoms with Crippen LogP contribution in [-0.4, -0.2) is 5.78 Å². The zero-order valence-electron chi connectivity index (χ0n) is 10.9. The molecule has 0 aromatic heterocycles. The lowest BCUT2D eigenvalue weighted by molar-refractivity contribution is 0.101. The predicted molar refractivity (Wildman–Crippen MR) is 71.4 cm³/mol. The van der Waals surface area contributed by atoms with Gasteiger partial charge in [-0.05, 0) is 37.2 Å². The van der Waals surface area contributed by atoms with Crippen molar-refractivity contribution < 1.29 is 4.79 Å². The van der Waals surface area contributed by atoms with Gasteiger partial charge < -0.3 is 0 Å². The highest BCUT2D eigenvalue weighted by atomic mass is 16.1. The summed E-state index contributed by atoms with van der Waals surface area (Å²) < 4.78 is 0. The molecule has 17 heavy (non-hydrogen) atoms. The molecule has 0 heterocycles. The molecule has 92 valence electrons. The Morgan fingerprint density at radius 1 is 1.18 bits per heavy atom. The van der Waals surface area contributed by atoms with Gasteiger partial charge in [-0.1, -0.05) is 50.5 Å². The highest BCUT2D eigenvalue weighted by molar-refractivity contribution is 5.95. The summed E-state index contributed by atoms with van der Waals surface area (Å²) in [5.74, 6) is 1.49. The zero-order valence-corrected chi connectivity index (χ0v) is 10.9. The van der Waals surface area contributed by atoms with Crippen LogP contribution in [0.4, 0.5) is 0 Å². The van der Waals surface area contributed by atoms with Gasteiger partial charge in [0.15, 0.2) is 5.78 Å². The number of rotatable bonds is 3. The molecule has 1 fully saturated rings. The molecule has 1 aliphatic carbocycles. The first kappa shape index (κ1) is 12.3. The quantitative estimate of drug-likeness (QED) is 0.695. The lowest BCUT2D eigenvalue weighted by Crippen LogP contribution is -2.16. The van der Waals surface area contributed by atoms with Gasteiger partial charge in [0.1, 0.15) is 0 Å². The van der Waals surface area contributed by atoms with E-state index in [-0.39, 0.29) is 5.78 Å². The molecule has 1 unspecified atom stereocenters. The molecular formula is C16H22O. The summed E-state index contributed by atoms with van der Waals surface area (Å²) in [4.78, 5) is 11.7. The fourth-order valence-electron chi connectivity index (χ4n) is 3.10. The molecule has 1 saturated carbocycles. The van der Waals surface area contributed by atoms with Crippen molar-refractivity contribution in [2.45, 2.75) is 51.9 Å². The summed E-state index contributed by atoms with van der Waals surface area (Å²) in [5.41, 5.74) is 2.18. The minimum Gasteiger partial charge on any atom is -0.295 e. The van der Waals surface area contributed by atoms with E-state index in [4.69, 9.17) is 0 Å². The number of Topliss-reactive ketones (excluding diaryl/α,β-unsaturated/α-hetero) is 1. The molecule has 2 rings (SSSR count). The molecule has 0 amide bonds. The van der Waals surface area contributed by atoms with E-state index in [1.807, 2.05) is 12.1 Å². The second-order valence-corrected chi connectivity index (χ2v) is 5.33. The van der Waals surface area contributed by atoms with Gasteiger partial charge in [-0.3, -0.25) is 4.79 Å². The summed E-state index contributed by atoms with van der Waals surface area (Å²) in [7, 11) is 0. The van der Waals surface area contributed by atoms with Crippen LogP contribution in [0.1, 0.15) is 67.8 Å². The number of carbonyl (C=O) groups is 1. The maximum absolute atomic E-state index is 11.7. The van der Waals surface area contributed by atoms with E-state index >= 15 is 0 Å². The van der Waals surface area contributed by atoms with E-state index in [1.165, 1.54) is 37.7 Å². The summed E-state index contributed by atoms with van der Waals surface area (Å²) in [5, 5.41) is 0. The van der Waals surface area contributed by atoms with Crippen molar-refractivity contribution in [1.29, 1.82) is 0 Å². The third-order valence-corrected chi connectivity index (χ3v) is 4.19. The van der Waals surface area contributed by atoms with Gasteiger partial charge in [-0.2, -0.15) is 0 Å². The van der Waals surface area contributed by atoms with Gasteiger partial charge in [-0.15, -0.1) is 0 Å². The molecule has 0 radical (unpaired) electrons. The third kappa shape index (κ3) is 2.77. The van der Waals surface area contributed by atoms with E-state index < -0.39 is 0 Å². The van der Waals surface area contributed by atoms with Gasteiger partial charge in [0.2, 0.25) is 0 Å². The maximum atomic E-state index is 11.7. The molecule has 1 aromatic carbocycles. The Bertz CT molecular complexity index is 388. The lowest BCUT2D eigenvalue weighted by atomic mass is 9.76. The number of carbonyl (C=O) groups excluding carboxylic acids is 1. The first-order valence-corrected chi connectivity index (χ1v) is 6.80. The maximum Gasteiger partial charge on any atom is 0.160 e. The average Bonchev–Trinajstić information content (AvgIpc) is 2.39. The van der Waals surface area contributed by atoms with E-state index in [9.17, 15) is 4.79 Å². The molecule has 1 aromatic rings. The second-order valence-electron chi connectivity index (χ2n) is 5.33. The summed E-state index contributed by atoms with van der Waals surface area (Å²) in [6.45, 7) is 3.96. The Kier molecular flexibility index (Phi) is 3.98. The normalized spacial score (nSPS) is 18.9. The molecule has 1 heteroatoms. The average molecular weight is 230 g/mol. The monoisotopic (exact) mass is 230 g/mol. The van der Waals surface area contributed by atoms with Crippen molar-refractivity contribution >= 4 is 5.78 Å².